The number of benzene rings is 1. The summed E-state index contributed by atoms with van der Waals surface area (Å²) in [5.74, 6) is -0.468. The fraction of sp³-hybridized carbons (Fsp3) is 0.429. The summed E-state index contributed by atoms with van der Waals surface area (Å²) in [5.41, 5.74) is -0.338. The molecule has 1 amide bonds. The molecule has 124 valence electrons. The van der Waals surface area contributed by atoms with Gasteiger partial charge >= 0.3 is 6.18 Å². The maximum atomic E-state index is 12.8. The number of hydrogen-bond acceptors (Lipinski definition) is 4. The first-order chi connectivity index (χ1) is 10.8. The monoisotopic (exact) mass is 327 g/mol. The molecule has 1 atom stereocenters. The van der Waals surface area contributed by atoms with Crippen molar-refractivity contribution in [2.24, 2.45) is 5.92 Å². The third-order valence-corrected chi connectivity index (χ3v) is 3.25. The molecule has 2 rings (SSSR count). The average Bonchev–Trinajstić information content (AvgIpc) is 2.96. The van der Waals surface area contributed by atoms with Gasteiger partial charge in [-0.05, 0) is 34.0 Å². The summed E-state index contributed by atoms with van der Waals surface area (Å²) in [6.45, 7) is 3.54. The molecule has 0 aliphatic carbocycles. The first kappa shape index (κ1) is 16.9. The highest BCUT2D eigenvalue weighted by molar-refractivity contribution is 5.76. The summed E-state index contributed by atoms with van der Waals surface area (Å²) in [6.07, 6.45) is -3.14. The first-order valence-corrected chi connectivity index (χ1v) is 6.94. The van der Waals surface area contributed by atoms with E-state index in [1.807, 2.05) is 13.8 Å². The van der Waals surface area contributed by atoms with Crippen LogP contribution in [0.3, 0.4) is 0 Å². The molecule has 1 aromatic carbocycles. The summed E-state index contributed by atoms with van der Waals surface area (Å²) >= 11 is 0. The molecule has 9 heteroatoms. The second-order valence-corrected chi connectivity index (χ2v) is 5.42. The van der Waals surface area contributed by atoms with Gasteiger partial charge in [0.2, 0.25) is 5.91 Å². The van der Waals surface area contributed by atoms with Gasteiger partial charge in [-0.15, -0.1) is 5.10 Å². The molecule has 0 aliphatic rings. The zero-order valence-corrected chi connectivity index (χ0v) is 12.6. The standard InChI is InChI=1S/C14H16F3N5O/c1-9(2)13(19-12(23)7-22-8-18-20-21-22)10-4-3-5-11(6-10)14(15,16)17/h3-6,8-9,13H,7H2,1-2H3,(H,19,23)/t13-/m1/s1. The van der Waals surface area contributed by atoms with E-state index < -0.39 is 17.8 Å². The lowest BCUT2D eigenvalue weighted by molar-refractivity contribution is -0.137. The lowest BCUT2D eigenvalue weighted by Crippen LogP contribution is -2.34. The van der Waals surface area contributed by atoms with Crippen LogP contribution in [0.2, 0.25) is 0 Å². The van der Waals surface area contributed by atoms with Gasteiger partial charge in [-0.3, -0.25) is 4.79 Å². The van der Waals surface area contributed by atoms with Crippen molar-refractivity contribution in [2.45, 2.75) is 32.6 Å². The van der Waals surface area contributed by atoms with Gasteiger partial charge in [0.25, 0.3) is 0 Å². The SMILES string of the molecule is CC(C)[C@@H](NC(=O)Cn1cnnn1)c1cccc(C(F)(F)F)c1. The van der Waals surface area contributed by atoms with Crippen LogP contribution in [0.15, 0.2) is 30.6 Å². The number of nitrogens with one attached hydrogen (secondary N) is 1. The van der Waals surface area contributed by atoms with Crippen LogP contribution in [0, 0.1) is 5.92 Å². The lowest BCUT2D eigenvalue weighted by atomic mass is 9.94. The number of alkyl halides is 3. The third kappa shape index (κ3) is 4.51. The molecule has 0 fully saturated rings. The number of amides is 1. The van der Waals surface area contributed by atoms with Crippen LogP contribution in [0.25, 0.3) is 0 Å². The molecule has 0 unspecified atom stereocenters. The van der Waals surface area contributed by atoms with Gasteiger partial charge in [0.15, 0.2) is 0 Å². The Hall–Kier alpha value is -2.45. The van der Waals surface area contributed by atoms with Gasteiger partial charge in [-0.2, -0.15) is 13.2 Å². The Morgan fingerprint density at radius 2 is 2.09 bits per heavy atom. The fourth-order valence-electron chi connectivity index (χ4n) is 2.16. The smallest absolute Gasteiger partial charge is 0.347 e. The Morgan fingerprint density at radius 1 is 1.35 bits per heavy atom. The topological polar surface area (TPSA) is 72.7 Å². The van der Waals surface area contributed by atoms with Crippen molar-refractivity contribution >= 4 is 5.91 Å². The molecule has 0 bridgehead atoms. The molecular weight excluding hydrogens is 311 g/mol. The van der Waals surface area contributed by atoms with Crippen molar-refractivity contribution in [3.8, 4) is 0 Å². The van der Waals surface area contributed by atoms with Crippen LogP contribution in [0.4, 0.5) is 13.2 Å². The van der Waals surface area contributed by atoms with E-state index in [1.165, 1.54) is 17.1 Å². The van der Waals surface area contributed by atoms with E-state index in [4.69, 9.17) is 0 Å². The van der Waals surface area contributed by atoms with Crippen LogP contribution in [0.1, 0.15) is 31.0 Å². The summed E-state index contributed by atoms with van der Waals surface area (Å²) in [6, 6.07) is 4.42. The number of carbonyl (C=O) groups excluding carboxylic acids is 1. The highest BCUT2D eigenvalue weighted by Crippen LogP contribution is 2.32. The summed E-state index contributed by atoms with van der Waals surface area (Å²) in [4.78, 5) is 12.0. The summed E-state index contributed by atoms with van der Waals surface area (Å²) in [7, 11) is 0. The highest BCUT2D eigenvalue weighted by atomic mass is 19.4. The molecule has 1 heterocycles. The Labute approximate surface area is 130 Å². The molecule has 6 nitrogen and oxygen atoms in total. The maximum absolute atomic E-state index is 12.8. The van der Waals surface area contributed by atoms with Crippen LogP contribution >= 0.6 is 0 Å². The Balaban J connectivity index is 2.17. The molecule has 0 saturated heterocycles. The zero-order valence-electron chi connectivity index (χ0n) is 12.6. The van der Waals surface area contributed by atoms with Gasteiger partial charge < -0.3 is 5.32 Å². The van der Waals surface area contributed by atoms with Crippen LogP contribution in [-0.4, -0.2) is 26.1 Å². The van der Waals surface area contributed by atoms with Crippen LogP contribution < -0.4 is 5.32 Å². The highest BCUT2D eigenvalue weighted by Gasteiger charge is 2.31. The largest absolute Gasteiger partial charge is 0.416 e. The van der Waals surface area contributed by atoms with Crippen molar-refractivity contribution in [3.05, 3.63) is 41.7 Å². The number of rotatable bonds is 5. The van der Waals surface area contributed by atoms with Gasteiger partial charge in [-0.25, -0.2) is 4.68 Å². The molecule has 0 radical (unpaired) electrons. The van der Waals surface area contributed by atoms with Crippen LogP contribution in [-0.2, 0) is 17.5 Å². The number of tetrazole rings is 1. The first-order valence-electron chi connectivity index (χ1n) is 6.94. The van der Waals surface area contributed by atoms with Crippen LogP contribution in [0.5, 0.6) is 0 Å². The van der Waals surface area contributed by atoms with E-state index in [0.29, 0.717) is 5.56 Å². The summed E-state index contributed by atoms with van der Waals surface area (Å²) < 4.78 is 39.7. The molecule has 0 saturated carbocycles. The third-order valence-electron chi connectivity index (χ3n) is 3.25. The Kier molecular flexibility index (Phi) is 4.97. The number of aromatic nitrogens is 4. The average molecular weight is 327 g/mol. The fourth-order valence-corrected chi connectivity index (χ4v) is 2.16. The molecule has 23 heavy (non-hydrogen) atoms. The zero-order chi connectivity index (χ0) is 17.0. The minimum atomic E-state index is -4.42. The minimum absolute atomic E-state index is 0.0868. The maximum Gasteiger partial charge on any atom is 0.416 e. The van der Waals surface area contributed by atoms with Gasteiger partial charge in [0, 0.05) is 0 Å². The van der Waals surface area contributed by atoms with E-state index in [1.54, 1.807) is 6.07 Å². The van der Waals surface area contributed by atoms with E-state index in [-0.39, 0.29) is 18.4 Å². The number of carbonyl (C=O) groups is 1. The van der Waals surface area contributed by atoms with Crippen molar-refractivity contribution in [1.82, 2.24) is 25.5 Å². The summed E-state index contributed by atoms with van der Waals surface area (Å²) in [5, 5.41) is 13.1. The predicted octanol–water partition coefficient (Wildman–Crippen LogP) is 2.21. The molecular formula is C14H16F3N5O. The number of nitrogens with zero attached hydrogens (tertiary/aromatic N) is 4. The number of hydrogen-bond donors (Lipinski definition) is 1. The molecule has 0 aliphatic heterocycles. The van der Waals surface area contributed by atoms with E-state index >= 15 is 0 Å². The minimum Gasteiger partial charge on any atom is -0.347 e. The number of halogens is 3. The van der Waals surface area contributed by atoms with Crippen molar-refractivity contribution in [3.63, 3.8) is 0 Å². The van der Waals surface area contributed by atoms with Gasteiger partial charge in [0.1, 0.15) is 12.9 Å². The van der Waals surface area contributed by atoms with Crippen molar-refractivity contribution in [2.75, 3.05) is 0 Å². The van der Waals surface area contributed by atoms with Gasteiger partial charge in [-0.1, -0.05) is 26.0 Å². The van der Waals surface area contributed by atoms with E-state index in [9.17, 15) is 18.0 Å². The lowest BCUT2D eigenvalue weighted by Gasteiger charge is -2.23. The van der Waals surface area contributed by atoms with E-state index in [0.717, 1.165) is 12.1 Å². The molecule has 0 spiro atoms. The molecule has 2 aromatic rings. The Bertz CT molecular complexity index is 655. The quantitative estimate of drug-likeness (QED) is 0.914. The molecule has 1 N–H and O–H groups in total. The van der Waals surface area contributed by atoms with Gasteiger partial charge in [0.05, 0.1) is 11.6 Å². The Morgan fingerprint density at radius 3 is 2.65 bits per heavy atom. The predicted molar refractivity (Wildman–Crippen MR) is 75.0 cm³/mol. The van der Waals surface area contributed by atoms with Crippen molar-refractivity contribution < 1.29 is 18.0 Å². The molecule has 1 aromatic heterocycles. The second-order valence-electron chi connectivity index (χ2n) is 5.42. The second kappa shape index (κ2) is 6.76. The van der Waals surface area contributed by atoms with E-state index in [2.05, 4.69) is 20.8 Å². The normalized spacial score (nSPS) is 13.1. The van der Waals surface area contributed by atoms with Crippen molar-refractivity contribution in [1.29, 1.82) is 0 Å².